The maximum absolute atomic E-state index is 14.3. The van der Waals surface area contributed by atoms with Gasteiger partial charge in [0.2, 0.25) is 0 Å². The first kappa shape index (κ1) is 19.5. The lowest BCUT2D eigenvalue weighted by atomic mass is 9.95. The van der Waals surface area contributed by atoms with Gasteiger partial charge < -0.3 is 9.80 Å². The van der Waals surface area contributed by atoms with Crippen molar-refractivity contribution in [1.82, 2.24) is 20.0 Å². The molecule has 2 heterocycles. The number of nitrogens with one attached hydrogen (secondary N) is 1. The minimum absolute atomic E-state index is 0.0524. The van der Waals surface area contributed by atoms with Crippen LogP contribution in [0.15, 0.2) is 36.5 Å². The molecule has 0 atom stereocenters. The second-order valence-electron chi connectivity index (χ2n) is 6.52. The third-order valence-electron chi connectivity index (χ3n) is 4.80. The van der Waals surface area contributed by atoms with Gasteiger partial charge in [-0.3, -0.25) is 19.5 Å². The number of aryl methyl sites for hydroxylation is 1. The van der Waals surface area contributed by atoms with Crippen LogP contribution in [0.25, 0.3) is 5.57 Å². The molecule has 3 rings (SSSR count). The highest BCUT2D eigenvalue weighted by Gasteiger charge is 2.31. The quantitative estimate of drug-likeness (QED) is 0.644. The van der Waals surface area contributed by atoms with Crippen LogP contribution in [0.3, 0.4) is 0 Å². The molecule has 0 unspecified atom stereocenters. The molecule has 7 nitrogen and oxygen atoms in total. The van der Waals surface area contributed by atoms with E-state index >= 15 is 0 Å². The van der Waals surface area contributed by atoms with Crippen LogP contribution in [-0.4, -0.2) is 63.8 Å². The SMILES string of the molecule is C/C=C(/C(=O)C(=O)N1CCN(C(=O)c2ccn[nH]2)CC1)c1c(C)cccc1F. The zero-order valence-electron chi connectivity index (χ0n) is 15.7. The molecule has 28 heavy (non-hydrogen) atoms. The second-order valence-corrected chi connectivity index (χ2v) is 6.52. The first-order valence-corrected chi connectivity index (χ1v) is 8.98. The monoisotopic (exact) mass is 384 g/mol. The molecule has 0 bridgehead atoms. The molecule has 8 heteroatoms. The fourth-order valence-electron chi connectivity index (χ4n) is 3.28. The lowest BCUT2D eigenvalue weighted by Gasteiger charge is -2.34. The molecule has 1 aromatic carbocycles. The van der Waals surface area contributed by atoms with Gasteiger partial charge in [0.15, 0.2) is 0 Å². The van der Waals surface area contributed by atoms with Gasteiger partial charge in [0.25, 0.3) is 17.6 Å². The zero-order chi connectivity index (χ0) is 20.3. The largest absolute Gasteiger partial charge is 0.334 e. The number of carbonyl (C=O) groups excluding carboxylic acids is 3. The number of ketones is 1. The zero-order valence-corrected chi connectivity index (χ0v) is 15.7. The van der Waals surface area contributed by atoms with E-state index in [0.29, 0.717) is 24.3 Å². The van der Waals surface area contributed by atoms with Gasteiger partial charge in [0, 0.05) is 43.5 Å². The summed E-state index contributed by atoms with van der Waals surface area (Å²) in [6.45, 7) is 4.38. The number of piperazine rings is 1. The van der Waals surface area contributed by atoms with E-state index in [1.54, 1.807) is 36.9 Å². The maximum Gasteiger partial charge on any atom is 0.295 e. The summed E-state index contributed by atoms with van der Waals surface area (Å²) in [6, 6.07) is 6.10. The van der Waals surface area contributed by atoms with Gasteiger partial charge in [-0.1, -0.05) is 18.2 Å². The Bertz CT molecular complexity index is 909. The van der Waals surface area contributed by atoms with Crippen LogP contribution in [0, 0.1) is 12.7 Å². The number of nitrogens with zero attached hydrogens (tertiary/aromatic N) is 3. The van der Waals surface area contributed by atoms with Crippen molar-refractivity contribution in [1.29, 1.82) is 0 Å². The first-order valence-electron chi connectivity index (χ1n) is 8.98. The second kappa shape index (κ2) is 8.16. The molecule has 0 radical (unpaired) electrons. The molecule has 2 amide bonds. The van der Waals surface area contributed by atoms with Gasteiger partial charge in [0.05, 0.1) is 0 Å². The molecule has 0 aliphatic carbocycles. The topological polar surface area (TPSA) is 86.4 Å². The van der Waals surface area contributed by atoms with E-state index in [4.69, 9.17) is 0 Å². The molecule has 1 fully saturated rings. The Morgan fingerprint density at radius 3 is 2.36 bits per heavy atom. The van der Waals surface area contributed by atoms with Crippen LogP contribution in [0.4, 0.5) is 4.39 Å². The number of carbonyl (C=O) groups is 3. The normalized spacial score (nSPS) is 14.9. The van der Waals surface area contributed by atoms with E-state index in [0.717, 1.165) is 0 Å². The number of rotatable bonds is 4. The molecule has 1 aromatic heterocycles. The Hall–Kier alpha value is -3.29. The Kier molecular flexibility index (Phi) is 5.67. The van der Waals surface area contributed by atoms with Crippen LogP contribution in [-0.2, 0) is 9.59 Å². The van der Waals surface area contributed by atoms with Crippen LogP contribution in [0.1, 0.15) is 28.5 Å². The third-order valence-corrected chi connectivity index (χ3v) is 4.80. The standard InChI is InChI=1S/C20H21FN4O3/c1-3-14(17-13(2)5-4-6-15(17)21)18(26)20(28)25-11-9-24(10-12-25)19(27)16-7-8-22-23-16/h3-8H,9-12H2,1-2H3,(H,22,23)/b14-3+. The number of hydrogen-bond acceptors (Lipinski definition) is 4. The molecule has 1 aliphatic heterocycles. The number of H-pyrrole nitrogens is 1. The summed E-state index contributed by atoms with van der Waals surface area (Å²) in [6.07, 6.45) is 2.96. The number of Topliss-reactive ketones (excluding diaryl/α,β-unsaturated/α-hetero) is 1. The summed E-state index contributed by atoms with van der Waals surface area (Å²) in [7, 11) is 0. The predicted molar refractivity (Wildman–Crippen MR) is 101 cm³/mol. The van der Waals surface area contributed by atoms with Gasteiger partial charge in [-0.25, -0.2) is 4.39 Å². The summed E-state index contributed by atoms with van der Waals surface area (Å²) >= 11 is 0. The van der Waals surface area contributed by atoms with E-state index < -0.39 is 17.5 Å². The van der Waals surface area contributed by atoms with Gasteiger partial charge in [-0.15, -0.1) is 0 Å². The van der Waals surface area contributed by atoms with Crippen molar-refractivity contribution >= 4 is 23.2 Å². The van der Waals surface area contributed by atoms with Crippen LogP contribution < -0.4 is 0 Å². The van der Waals surface area contributed by atoms with Crippen molar-refractivity contribution in [2.45, 2.75) is 13.8 Å². The number of allylic oxidation sites excluding steroid dienone is 1. The van der Waals surface area contributed by atoms with Crippen molar-refractivity contribution in [2.24, 2.45) is 0 Å². The summed E-state index contributed by atoms with van der Waals surface area (Å²) < 4.78 is 14.3. The molecule has 1 aliphatic rings. The van der Waals surface area contributed by atoms with Gasteiger partial charge in [0.1, 0.15) is 11.5 Å². The molecule has 146 valence electrons. The van der Waals surface area contributed by atoms with Gasteiger partial charge in [-0.05, 0) is 31.5 Å². The maximum atomic E-state index is 14.3. The average Bonchev–Trinajstić information content (AvgIpc) is 3.24. The summed E-state index contributed by atoms with van der Waals surface area (Å²) in [5.41, 5.74) is 1.17. The number of hydrogen-bond donors (Lipinski definition) is 1. The summed E-state index contributed by atoms with van der Waals surface area (Å²) in [5, 5.41) is 6.38. The van der Waals surface area contributed by atoms with E-state index in [9.17, 15) is 18.8 Å². The highest BCUT2D eigenvalue weighted by Crippen LogP contribution is 2.24. The van der Waals surface area contributed by atoms with E-state index in [1.165, 1.54) is 23.2 Å². The lowest BCUT2D eigenvalue weighted by molar-refractivity contribution is -0.142. The molecule has 1 N–H and O–H groups in total. The Labute approximate surface area is 161 Å². The molecule has 0 saturated carbocycles. The molecule has 1 saturated heterocycles. The van der Waals surface area contributed by atoms with Crippen molar-refractivity contribution in [2.75, 3.05) is 26.2 Å². The van der Waals surface area contributed by atoms with Crippen molar-refractivity contribution < 1.29 is 18.8 Å². The van der Waals surface area contributed by atoms with E-state index in [1.807, 2.05) is 0 Å². The smallest absolute Gasteiger partial charge is 0.295 e. The minimum atomic E-state index is -0.746. The predicted octanol–water partition coefficient (Wildman–Crippen LogP) is 1.81. The van der Waals surface area contributed by atoms with E-state index in [-0.39, 0.29) is 30.1 Å². The average molecular weight is 384 g/mol. The summed E-state index contributed by atoms with van der Waals surface area (Å²) in [5.74, 6) is -2.18. The first-order chi connectivity index (χ1) is 13.4. The number of aromatic amines is 1. The lowest BCUT2D eigenvalue weighted by Crippen LogP contribution is -2.52. The molecule has 0 spiro atoms. The molecular weight excluding hydrogens is 363 g/mol. The van der Waals surface area contributed by atoms with Crippen molar-refractivity contribution in [3.05, 3.63) is 59.2 Å². The van der Waals surface area contributed by atoms with Crippen molar-refractivity contribution in [3.8, 4) is 0 Å². The number of halogens is 1. The Balaban J connectivity index is 1.69. The van der Waals surface area contributed by atoms with Crippen molar-refractivity contribution in [3.63, 3.8) is 0 Å². The number of benzene rings is 1. The fourth-order valence-corrected chi connectivity index (χ4v) is 3.28. The Morgan fingerprint density at radius 1 is 1.11 bits per heavy atom. The van der Waals surface area contributed by atoms with Crippen LogP contribution >= 0.6 is 0 Å². The molecular formula is C20H21FN4O3. The third kappa shape index (κ3) is 3.71. The highest BCUT2D eigenvalue weighted by atomic mass is 19.1. The minimum Gasteiger partial charge on any atom is -0.334 e. The highest BCUT2D eigenvalue weighted by molar-refractivity contribution is 6.53. The van der Waals surface area contributed by atoms with Gasteiger partial charge in [-0.2, -0.15) is 5.10 Å². The van der Waals surface area contributed by atoms with Crippen LogP contribution in [0.5, 0.6) is 0 Å². The fraction of sp³-hybridized carbons (Fsp3) is 0.300. The van der Waals surface area contributed by atoms with Crippen LogP contribution in [0.2, 0.25) is 0 Å². The number of aromatic nitrogens is 2. The van der Waals surface area contributed by atoms with Gasteiger partial charge >= 0.3 is 0 Å². The Morgan fingerprint density at radius 2 is 1.79 bits per heavy atom. The molecule has 2 aromatic rings. The van der Waals surface area contributed by atoms with E-state index in [2.05, 4.69) is 10.2 Å². The number of amides is 2. The summed E-state index contributed by atoms with van der Waals surface area (Å²) in [4.78, 5) is 40.8.